The van der Waals surface area contributed by atoms with Crippen LogP contribution < -0.4 is 4.90 Å². The molecule has 1 heterocycles. The lowest BCUT2D eigenvalue weighted by molar-refractivity contribution is -0.385. The van der Waals surface area contributed by atoms with Crippen LogP contribution in [0, 0.1) is 15.9 Å². The Morgan fingerprint density at radius 1 is 1.31 bits per heavy atom. The van der Waals surface area contributed by atoms with Crippen molar-refractivity contribution in [2.75, 3.05) is 30.8 Å². The second-order valence-corrected chi connectivity index (χ2v) is 7.97. The van der Waals surface area contributed by atoms with Gasteiger partial charge in [0.2, 0.25) is 10.0 Å². The maximum atomic E-state index is 14.1. The average Bonchev–Trinajstić information content (AvgIpc) is 2.51. The van der Waals surface area contributed by atoms with Crippen molar-refractivity contribution >= 4 is 21.4 Å². The fourth-order valence-electron chi connectivity index (χ4n) is 2.95. The Kier molecular flexibility index (Phi) is 5.76. The molecule has 0 amide bonds. The molecular formula is C14H17F4N3O4S. The van der Waals surface area contributed by atoms with Crippen LogP contribution in [0.5, 0.6) is 0 Å². The summed E-state index contributed by atoms with van der Waals surface area (Å²) < 4.78 is 75.9. The van der Waals surface area contributed by atoms with Gasteiger partial charge in [0, 0.05) is 25.2 Å². The van der Waals surface area contributed by atoms with Crippen molar-refractivity contribution in [3.8, 4) is 0 Å². The molecule has 1 aliphatic rings. The van der Waals surface area contributed by atoms with Gasteiger partial charge in [-0.05, 0) is 18.9 Å². The summed E-state index contributed by atoms with van der Waals surface area (Å²) >= 11 is 0. The lowest BCUT2D eigenvalue weighted by atomic mass is 10.0. The normalized spacial score (nSPS) is 16.9. The third-order valence-electron chi connectivity index (χ3n) is 4.12. The smallest absolute Gasteiger partial charge is 0.369 e. The largest absolute Gasteiger partial charge is 0.402 e. The summed E-state index contributed by atoms with van der Waals surface area (Å²) in [6.07, 6.45) is -3.77. The van der Waals surface area contributed by atoms with Crippen molar-refractivity contribution in [2.45, 2.75) is 25.1 Å². The number of hydrogen-bond acceptors (Lipinski definition) is 5. The molecule has 7 nitrogen and oxygen atoms in total. The molecule has 12 heteroatoms. The Hall–Kier alpha value is -1.95. The third-order valence-corrected chi connectivity index (χ3v) is 5.39. The molecule has 1 saturated heterocycles. The van der Waals surface area contributed by atoms with Crippen LogP contribution in [0.1, 0.15) is 12.8 Å². The summed E-state index contributed by atoms with van der Waals surface area (Å²) in [4.78, 5) is 11.4. The van der Waals surface area contributed by atoms with Gasteiger partial charge < -0.3 is 4.90 Å². The summed E-state index contributed by atoms with van der Waals surface area (Å²) in [6.45, 7) is -1.31. The second-order valence-electron chi connectivity index (χ2n) is 6.03. The summed E-state index contributed by atoms with van der Waals surface area (Å²) in [5.74, 6) is -0.812. The van der Waals surface area contributed by atoms with E-state index in [1.807, 2.05) is 0 Å². The van der Waals surface area contributed by atoms with Crippen molar-refractivity contribution in [1.82, 2.24) is 4.31 Å². The molecule has 0 radical (unpaired) electrons. The zero-order chi connectivity index (χ0) is 19.7. The summed E-state index contributed by atoms with van der Waals surface area (Å²) in [7, 11) is -4.06. The van der Waals surface area contributed by atoms with Crippen molar-refractivity contribution in [3.63, 3.8) is 0 Å². The summed E-state index contributed by atoms with van der Waals surface area (Å²) in [6, 6.07) is 2.30. The second kappa shape index (κ2) is 7.35. The van der Waals surface area contributed by atoms with Crippen molar-refractivity contribution in [1.29, 1.82) is 0 Å². The Morgan fingerprint density at radius 3 is 2.31 bits per heavy atom. The fraction of sp³-hybridized carbons (Fsp3) is 0.571. The molecule has 0 unspecified atom stereocenters. The average molecular weight is 399 g/mol. The van der Waals surface area contributed by atoms with Gasteiger partial charge in [0.25, 0.3) is 5.69 Å². The highest BCUT2D eigenvalue weighted by molar-refractivity contribution is 7.88. The van der Waals surface area contributed by atoms with E-state index in [9.17, 15) is 36.1 Å². The van der Waals surface area contributed by atoms with Gasteiger partial charge in [-0.15, -0.1) is 0 Å². The number of nitrogens with zero attached hydrogens (tertiary/aromatic N) is 3. The zero-order valence-electron chi connectivity index (χ0n) is 13.7. The molecule has 0 spiro atoms. The highest BCUT2D eigenvalue weighted by Gasteiger charge is 2.39. The molecular weight excluding hydrogens is 382 g/mol. The van der Waals surface area contributed by atoms with Gasteiger partial charge in [0.15, 0.2) is 5.82 Å². The number of halogens is 4. The van der Waals surface area contributed by atoms with Gasteiger partial charge in [-0.2, -0.15) is 17.5 Å². The van der Waals surface area contributed by atoms with Crippen LogP contribution in [0.15, 0.2) is 18.2 Å². The Morgan fingerprint density at radius 2 is 1.88 bits per heavy atom. The van der Waals surface area contributed by atoms with E-state index in [1.165, 1.54) is 11.0 Å². The minimum atomic E-state index is -4.66. The van der Waals surface area contributed by atoms with Gasteiger partial charge in [0.05, 0.1) is 22.9 Å². The first-order valence-electron chi connectivity index (χ1n) is 7.61. The summed E-state index contributed by atoms with van der Waals surface area (Å²) in [5, 5.41) is 10.6. The minimum absolute atomic E-state index is 0.0829. The van der Waals surface area contributed by atoms with Crippen LogP contribution in [-0.2, 0) is 10.0 Å². The summed E-state index contributed by atoms with van der Waals surface area (Å²) in [5.41, 5.74) is -0.314. The number of nitro benzene ring substituents is 1. The SMILES string of the molecule is CS(=O)(=O)N(CC(F)(F)F)C1CCN(c2ccc([N+](=O)[O-])cc2F)CC1. The minimum Gasteiger partial charge on any atom is -0.369 e. The van der Waals surface area contributed by atoms with E-state index >= 15 is 0 Å². The number of rotatable bonds is 5. The van der Waals surface area contributed by atoms with E-state index in [0.29, 0.717) is 4.31 Å². The number of piperidine rings is 1. The van der Waals surface area contributed by atoms with Crippen molar-refractivity contribution < 1.29 is 30.9 Å². The molecule has 1 aromatic rings. The van der Waals surface area contributed by atoms with Gasteiger partial charge in [-0.1, -0.05) is 0 Å². The van der Waals surface area contributed by atoms with E-state index in [1.54, 1.807) is 0 Å². The first-order valence-corrected chi connectivity index (χ1v) is 9.46. The molecule has 0 bridgehead atoms. The molecule has 0 N–H and O–H groups in total. The number of hydrogen-bond donors (Lipinski definition) is 0. The standard InChI is InChI=1S/C14H17F4N3O4S/c1-26(24,25)20(9-14(16,17)18)10-4-6-19(7-5-10)13-3-2-11(21(22)23)8-12(13)15/h2-3,8,10H,4-7,9H2,1H3. The first kappa shape index (κ1) is 20.4. The molecule has 2 rings (SSSR count). The van der Waals surface area contributed by atoms with Gasteiger partial charge in [0.1, 0.15) is 6.54 Å². The van der Waals surface area contributed by atoms with Crippen molar-refractivity contribution in [2.24, 2.45) is 0 Å². The molecule has 0 aliphatic carbocycles. The van der Waals surface area contributed by atoms with Crippen LogP contribution >= 0.6 is 0 Å². The van der Waals surface area contributed by atoms with E-state index < -0.39 is 45.2 Å². The molecule has 1 aliphatic heterocycles. The number of non-ortho nitro benzene ring substituents is 1. The maximum absolute atomic E-state index is 14.1. The fourth-order valence-corrected chi connectivity index (χ4v) is 4.09. The predicted octanol–water partition coefficient (Wildman–Crippen LogP) is 2.53. The van der Waals surface area contributed by atoms with Crippen LogP contribution in [0.25, 0.3) is 0 Å². The van der Waals surface area contributed by atoms with Crippen LogP contribution in [0.3, 0.4) is 0 Å². The quantitative estimate of drug-likeness (QED) is 0.432. The maximum Gasteiger partial charge on any atom is 0.402 e. The molecule has 1 fully saturated rings. The zero-order valence-corrected chi connectivity index (χ0v) is 14.6. The van der Waals surface area contributed by atoms with E-state index in [-0.39, 0.29) is 31.6 Å². The third kappa shape index (κ3) is 5.04. The number of benzene rings is 1. The van der Waals surface area contributed by atoms with Crippen molar-refractivity contribution in [3.05, 3.63) is 34.1 Å². The van der Waals surface area contributed by atoms with E-state index in [2.05, 4.69) is 0 Å². The molecule has 0 atom stereocenters. The van der Waals surface area contributed by atoms with Crippen LogP contribution in [0.2, 0.25) is 0 Å². The highest BCUT2D eigenvalue weighted by Crippen LogP contribution is 2.29. The topological polar surface area (TPSA) is 83.8 Å². The first-order chi connectivity index (χ1) is 11.9. The Labute approximate surface area is 147 Å². The number of sulfonamides is 1. The molecule has 26 heavy (non-hydrogen) atoms. The van der Waals surface area contributed by atoms with Crippen LogP contribution in [0.4, 0.5) is 28.9 Å². The Balaban J connectivity index is 2.11. The van der Waals surface area contributed by atoms with Gasteiger partial charge >= 0.3 is 6.18 Å². The van der Waals surface area contributed by atoms with Gasteiger partial charge in [-0.3, -0.25) is 10.1 Å². The molecule has 1 aromatic carbocycles. The predicted molar refractivity (Wildman–Crippen MR) is 85.9 cm³/mol. The molecule has 0 aromatic heterocycles. The monoisotopic (exact) mass is 399 g/mol. The number of alkyl halides is 3. The molecule has 146 valence electrons. The van der Waals surface area contributed by atoms with E-state index in [0.717, 1.165) is 18.4 Å². The molecule has 0 saturated carbocycles. The van der Waals surface area contributed by atoms with Gasteiger partial charge in [-0.25, -0.2) is 12.8 Å². The van der Waals surface area contributed by atoms with Crippen LogP contribution in [-0.4, -0.2) is 55.8 Å². The lowest BCUT2D eigenvalue weighted by Crippen LogP contribution is -2.50. The Bertz CT molecular complexity index is 777. The highest BCUT2D eigenvalue weighted by atomic mass is 32.2. The van der Waals surface area contributed by atoms with E-state index in [4.69, 9.17) is 0 Å². The lowest BCUT2D eigenvalue weighted by Gasteiger charge is -2.38. The number of anilines is 1. The number of nitro groups is 1.